The fourth-order valence-electron chi connectivity index (χ4n) is 2.71. The van der Waals surface area contributed by atoms with Crippen molar-refractivity contribution in [2.24, 2.45) is 0 Å². The summed E-state index contributed by atoms with van der Waals surface area (Å²) in [5.41, 5.74) is 0. The molecule has 1 amide bonds. The zero-order valence-corrected chi connectivity index (χ0v) is 15.4. The Bertz CT molecular complexity index is 757. The molecular formula is C16H18ClN3O2S2. The van der Waals surface area contributed by atoms with Crippen molar-refractivity contribution in [3.05, 3.63) is 34.2 Å². The first-order valence-corrected chi connectivity index (χ1v) is 9.31. The molecule has 0 saturated carbocycles. The highest BCUT2D eigenvalue weighted by atomic mass is 35.5. The van der Waals surface area contributed by atoms with Crippen molar-refractivity contribution in [2.45, 2.75) is 0 Å². The van der Waals surface area contributed by atoms with Gasteiger partial charge in [-0.05, 0) is 18.3 Å². The van der Waals surface area contributed by atoms with Gasteiger partial charge in [-0.1, -0.05) is 29.8 Å². The number of aliphatic hydroxyl groups is 1. The lowest BCUT2D eigenvalue weighted by molar-refractivity contribution is 0.0972. The van der Waals surface area contributed by atoms with E-state index in [1.165, 1.54) is 11.3 Å². The molecule has 0 unspecified atom stereocenters. The average Bonchev–Trinajstić information content (AvgIpc) is 2.93. The Morgan fingerprint density at radius 1 is 1.29 bits per heavy atom. The van der Waals surface area contributed by atoms with Crippen LogP contribution in [-0.4, -0.2) is 65.3 Å². The smallest absolute Gasteiger partial charge is 0.269 e. The number of carbonyl (C=O) groups excluding carboxylic acids is 1. The third-order valence-corrected chi connectivity index (χ3v) is 6.07. The third kappa shape index (κ3) is 3.70. The van der Waals surface area contributed by atoms with Gasteiger partial charge < -0.3 is 10.0 Å². The van der Waals surface area contributed by atoms with E-state index in [4.69, 9.17) is 28.9 Å². The Morgan fingerprint density at radius 2 is 2.00 bits per heavy atom. The fourth-order valence-corrected chi connectivity index (χ4v) is 4.40. The van der Waals surface area contributed by atoms with E-state index in [0.29, 0.717) is 21.6 Å². The highest BCUT2D eigenvalue weighted by Crippen LogP contribution is 2.34. The van der Waals surface area contributed by atoms with Crippen LogP contribution in [0.2, 0.25) is 5.02 Å². The van der Waals surface area contributed by atoms with Gasteiger partial charge in [0.15, 0.2) is 5.11 Å². The summed E-state index contributed by atoms with van der Waals surface area (Å²) in [5, 5.41) is 13.6. The molecule has 2 aromatic rings. The standard InChI is InChI=1S/C16H18ClN3O2S2/c17-13-11-3-1-2-4-12(11)24-14(13)15(22)18-16(23)20-7-5-19(6-8-20)9-10-21/h1-4,21H,5-10H2,(H,18,22,23). The van der Waals surface area contributed by atoms with Gasteiger partial charge >= 0.3 is 0 Å². The first kappa shape index (κ1) is 17.6. The summed E-state index contributed by atoms with van der Waals surface area (Å²) in [6.45, 7) is 3.94. The van der Waals surface area contributed by atoms with Crippen molar-refractivity contribution in [3.8, 4) is 0 Å². The Kier molecular flexibility index (Phi) is 5.68. The summed E-state index contributed by atoms with van der Waals surface area (Å²) in [7, 11) is 0. The molecule has 5 nitrogen and oxygen atoms in total. The molecule has 3 rings (SSSR count). The first-order chi connectivity index (χ1) is 11.6. The topological polar surface area (TPSA) is 55.8 Å². The zero-order valence-electron chi connectivity index (χ0n) is 13.0. The summed E-state index contributed by atoms with van der Waals surface area (Å²) in [6.07, 6.45) is 0. The Labute approximate surface area is 154 Å². The number of amides is 1. The molecule has 0 aliphatic carbocycles. The van der Waals surface area contributed by atoms with Crippen LogP contribution in [0.15, 0.2) is 24.3 Å². The SMILES string of the molecule is O=C(NC(=S)N1CCN(CCO)CC1)c1sc2ccccc2c1Cl. The van der Waals surface area contributed by atoms with Gasteiger partial charge in [0.05, 0.1) is 11.6 Å². The second-order valence-corrected chi connectivity index (χ2v) is 7.37. The molecule has 8 heteroatoms. The Morgan fingerprint density at radius 3 is 2.67 bits per heavy atom. The first-order valence-electron chi connectivity index (χ1n) is 7.70. The number of rotatable bonds is 3. The van der Waals surface area contributed by atoms with Gasteiger partial charge in [-0.15, -0.1) is 11.3 Å². The molecular weight excluding hydrogens is 366 g/mol. The zero-order chi connectivity index (χ0) is 17.1. The van der Waals surface area contributed by atoms with Crippen molar-refractivity contribution in [3.63, 3.8) is 0 Å². The molecule has 1 fully saturated rings. The maximum absolute atomic E-state index is 12.5. The molecule has 0 atom stereocenters. The lowest BCUT2D eigenvalue weighted by Gasteiger charge is -2.35. The lowest BCUT2D eigenvalue weighted by atomic mass is 10.2. The normalized spacial score (nSPS) is 15.7. The quantitative estimate of drug-likeness (QED) is 0.796. The van der Waals surface area contributed by atoms with Crippen molar-refractivity contribution < 1.29 is 9.90 Å². The van der Waals surface area contributed by atoms with Gasteiger partial charge in [0, 0.05) is 42.8 Å². The predicted octanol–water partition coefficient (Wildman–Crippen LogP) is 2.18. The van der Waals surface area contributed by atoms with Crippen molar-refractivity contribution >= 4 is 56.3 Å². The summed E-state index contributed by atoms with van der Waals surface area (Å²) in [5.74, 6) is -0.260. The second-order valence-electron chi connectivity index (χ2n) is 5.55. The number of benzene rings is 1. The van der Waals surface area contributed by atoms with Crippen molar-refractivity contribution in [2.75, 3.05) is 39.3 Å². The maximum Gasteiger partial charge on any atom is 0.269 e. The predicted molar refractivity (Wildman–Crippen MR) is 102 cm³/mol. The largest absolute Gasteiger partial charge is 0.395 e. The number of fused-ring (bicyclic) bond motifs is 1. The molecule has 2 N–H and O–H groups in total. The van der Waals surface area contributed by atoms with Gasteiger partial charge in [0.25, 0.3) is 5.91 Å². The molecule has 0 spiro atoms. The van der Waals surface area contributed by atoms with Gasteiger partial charge in [-0.2, -0.15) is 0 Å². The summed E-state index contributed by atoms with van der Waals surface area (Å²) in [6, 6.07) is 7.68. The number of carbonyl (C=O) groups is 1. The van der Waals surface area contributed by atoms with Crippen LogP contribution in [-0.2, 0) is 0 Å². The fraction of sp³-hybridized carbons (Fsp3) is 0.375. The molecule has 1 aromatic heterocycles. The van der Waals surface area contributed by atoms with E-state index in [9.17, 15) is 4.79 Å². The number of β-amino-alcohol motifs (C(OH)–C–C–N with tert-alkyl or cyclic N) is 1. The summed E-state index contributed by atoms with van der Waals surface area (Å²) in [4.78, 5) is 17.1. The minimum atomic E-state index is -0.260. The van der Waals surface area contributed by atoms with Gasteiger partial charge in [0.1, 0.15) is 4.88 Å². The van der Waals surface area contributed by atoms with Crippen LogP contribution in [0, 0.1) is 0 Å². The molecule has 0 bridgehead atoms. The third-order valence-electron chi connectivity index (χ3n) is 4.04. The van der Waals surface area contributed by atoms with Crippen LogP contribution >= 0.6 is 35.2 Å². The summed E-state index contributed by atoms with van der Waals surface area (Å²) < 4.78 is 0.983. The van der Waals surface area contributed by atoms with Crippen molar-refractivity contribution in [1.29, 1.82) is 0 Å². The monoisotopic (exact) mass is 383 g/mol. The van der Waals surface area contributed by atoms with E-state index < -0.39 is 0 Å². The van der Waals surface area contributed by atoms with Crippen LogP contribution in [0.5, 0.6) is 0 Å². The van der Waals surface area contributed by atoms with E-state index in [1.807, 2.05) is 29.2 Å². The molecule has 2 heterocycles. The van der Waals surface area contributed by atoms with Crippen LogP contribution in [0.1, 0.15) is 9.67 Å². The number of nitrogens with zero attached hydrogens (tertiary/aromatic N) is 2. The minimum Gasteiger partial charge on any atom is -0.395 e. The molecule has 0 radical (unpaired) electrons. The van der Waals surface area contributed by atoms with Crippen LogP contribution in [0.25, 0.3) is 10.1 Å². The Balaban J connectivity index is 1.64. The number of aliphatic hydroxyl groups excluding tert-OH is 1. The number of halogens is 1. The molecule has 24 heavy (non-hydrogen) atoms. The number of hydrogen-bond acceptors (Lipinski definition) is 5. The van der Waals surface area contributed by atoms with Gasteiger partial charge in [-0.25, -0.2) is 0 Å². The number of hydrogen-bond donors (Lipinski definition) is 2. The minimum absolute atomic E-state index is 0.158. The highest BCUT2D eigenvalue weighted by molar-refractivity contribution is 7.80. The number of piperazine rings is 1. The van der Waals surface area contributed by atoms with E-state index in [1.54, 1.807) is 0 Å². The van der Waals surface area contributed by atoms with E-state index in [0.717, 1.165) is 36.3 Å². The second kappa shape index (κ2) is 7.76. The van der Waals surface area contributed by atoms with Gasteiger partial charge in [-0.3, -0.25) is 15.0 Å². The van der Waals surface area contributed by atoms with E-state index in [-0.39, 0.29) is 12.5 Å². The lowest BCUT2D eigenvalue weighted by Crippen LogP contribution is -2.52. The molecule has 1 aliphatic heterocycles. The molecule has 128 valence electrons. The average molecular weight is 384 g/mol. The van der Waals surface area contributed by atoms with Gasteiger partial charge in [0.2, 0.25) is 0 Å². The van der Waals surface area contributed by atoms with Crippen molar-refractivity contribution in [1.82, 2.24) is 15.1 Å². The summed E-state index contributed by atoms with van der Waals surface area (Å²) >= 11 is 13.1. The maximum atomic E-state index is 12.5. The Hall–Kier alpha value is -1.25. The van der Waals surface area contributed by atoms with Crippen LogP contribution in [0.4, 0.5) is 0 Å². The highest BCUT2D eigenvalue weighted by Gasteiger charge is 2.22. The molecule has 1 aromatic carbocycles. The van der Waals surface area contributed by atoms with Crippen LogP contribution in [0.3, 0.4) is 0 Å². The number of nitrogens with one attached hydrogen (secondary N) is 1. The molecule has 1 saturated heterocycles. The van der Waals surface area contributed by atoms with E-state index >= 15 is 0 Å². The number of thiophene rings is 1. The number of thiocarbonyl (C=S) groups is 1. The molecule has 1 aliphatic rings. The van der Waals surface area contributed by atoms with Crippen LogP contribution < -0.4 is 5.32 Å². The van der Waals surface area contributed by atoms with E-state index in [2.05, 4.69) is 10.2 Å².